The van der Waals surface area contributed by atoms with E-state index in [1.807, 2.05) is 24.3 Å². The molecule has 11 heteroatoms. The van der Waals surface area contributed by atoms with Gasteiger partial charge in [-0.3, -0.25) is 4.79 Å². The maximum Gasteiger partial charge on any atom is 0.284 e. The van der Waals surface area contributed by atoms with Gasteiger partial charge in [-0.25, -0.2) is 4.99 Å². The van der Waals surface area contributed by atoms with E-state index in [0.29, 0.717) is 41.6 Å². The minimum absolute atomic E-state index is 0.0866. The molecule has 3 aromatic carbocycles. The number of ether oxygens (including phenoxy) is 1. The molecule has 0 spiro atoms. The van der Waals surface area contributed by atoms with E-state index in [2.05, 4.69) is 26.9 Å². The first-order valence-electron chi connectivity index (χ1n) is 14.5. The molecule has 9 nitrogen and oxygen atoms in total. The fourth-order valence-corrected chi connectivity index (χ4v) is 6.49. The lowest BCUT2D eigenvalue weighted by Crippen LogP contribution is -2.33. The Hall–Kier alpha value is -3.73. The molecule has 1 atom stereocenters. The minimum Gasteiger partial charge on any atom is -0.497 e. The van der Waals surface area contributed by atoms with Crippen molar-refractivity contribution in [2.24, 2.45) is 9.39 Å². The van der Waals surface area contributed by atoms with E-state index in [9.17, 15) is 13.2 Å². The Morgan fingerprint density at radius 1 is 1.09 bits per heavy atom. The number of rotatable bonds is 8. The lowest BCUT2D eigenvalue weighted by atomic mass is 9.91. The van der Waals surface area contributed by atoms with Gasteiger partial charge in [0.1, 0.15) is 5.75 Å². The van der Waals surface area contributed by atoms with Crippen molar-refractivity contribution in [3.8, 4) is 5.75 Å². The van der Waals surface area contributed by atoms with Crippen LogP contribution >= 0.6 is 11.6 Å². The maximum atomic E-state index is 13.7. The standard InChI is InChI=1S/C32H36ClN5O4S/c1-22-12-15-29(35-30-21-24(42-2)13-14-27(30)33)31(36-28-11-4-3-10-26(22)28)37-43(40,41)25-9-7-8-23(20-25)32(39)34-16-19-38-17-5-6-18-38/h3-4,7-11,13-14,20-22H,5-6,12,15-19H2,1-2H3,(H,34,39)(H,36,37). The van der Waals surface area contributed by atoms with Gasteiger partial charge in [-0.15, -0.1) is 4.40 Å². The van der Waals surface area contributed by atoms with E-state index in [-0.39, 0.29) is 28.1 Å². The summed E-state index contributed by atoms with van der Waals surface area (Å²) in [5, 5.41) is 6.55. The number of carbonyl (C=O) groups is 1. The van der Waals surface area contributed by atoms with Crippen molar-refractivity contribution in [2.75, 3.05) is 38.6 Å². The van der Waals surface area contributed by atoms with Gasteiger partial charge in [-0.05, 0) is 86.7 Å². The Morgan fingerprint density at radius 3 is 2.67 bits per heavy atom. The van der Waals surface area contributed by atoms with Crippen molar-refractivity contribution < 1.29 is 17.9 Å². The normalized spacial score (nSPS) is 19.4. The number of para-hydroxylation sites is 1. The third-order valence-corrected chi connectivity index (χ3v) is 9.35. The number of nitrogens with one attached hydrogen (secondary N) is 2. The van der Waals surface area contributed by atoms with E-state index < -0.39 is 10.0 Å². The van der Waals surface area contributed by atoms with Crippen molar-refractivity contribution in [1.82, 2.24) is 10.2 Å². The van der Waals surface area contributed by atoms with Crippen LogP contribution in [0.2, 0.25) is 5.02 Å². The third kappa shape index (κ3) is 7.62. The molecular weight excluding hydrogens is 586 g/mol. The number of anilines is 1. The number of carbonyl (C=O) groups excluding carboxylic acids is 1. The van der Waals surface area contributed by atoms with E-state index in [1.54, 1.807) is 37.4 Å². The number of benzene rings is 3. The number of fused-ring (bicyclic) bond motifs is 1. The van der Waals surface area contributed by atoms with Gasteiger partial charge in [0, 0.05) is 30.4 Å². The fraction of sp³-hybridized carbons (Fsp3) is 0.344. The lowest BCUT2D eigenvalue weighted by molar-refractivity contribution is 0.0949. The summed E-state index contributed by atoms with van der Waals surface area (Å²) in [7, 11) is -2.69. The van der Waals surface area contributed by atoms with Crippen LogP contribution in [0.1, 0.15) is 54.4 Å². The highest BCUT2D eigenvalue weighted by molar-refractivity contribution is 7.90. The van der Waals surface area contributed by atoms with Crippen LogP contribution in [0.25, 0.3) is 0 Å². The summed E-state index contributed by atoms with van der Waals surface area (Å²) in [6.45, 7) is 5.46. The highest BCUT2D eigenvalue weighted by atomic mass is 35.5. The molecule has 3 aromatic rings. The molecule has 2 heterocycles. The van der Waals surface area contributed by atoms with E-state index in [0.717, 1.165) is 30.9 Å². The number of likely N-dealkylation sites (tertiary alicyclic amines) is 1. The molecule has 1 unspecified atom stereocenters. The first kappa shape index (κ1) is 30.7. The largest absolute Gasteiger partial charge is 0.497 e. The summed E-state index contributed by atoms with van der Waals surface area (Å²) in [5.41, 5.74) is 2.94. The fourth-order valence-electron chi connectivity index (χ4n) is 5.31. The Morgan fingerprint density at radius 2 is 1.88 bits per heavy atom. The Balaban J connectivity index is 1.49. The summed E-state index contributed by atoms with van der Waals surface area (Å²) in [6.07, 6.45) is 3.51. The van der Waals surface area contributed by atoms with Gasteiger partial charge in [0.05, 0.1) is 28.4 Å². The zero-order chi connectivity index (χ0) is 30.4. The second kappa shape index (κ2) is 13.7. The number of sulfonamides is 1. The quantitative estimate of drug-likeness (QED) is 0.317. The highest BCUT2D eigenvalue weighted by Crippen LogP contribution is 2.33. The zero-order valence-electron chi connectivity index (χ0n) is 24.3. The molecule has 1 saturated heterocycles. The van der Waals surface area contributed by atoms with Gasteiger partial charge in [-0.2, -0.15) is 8.42 Å². The minimum atomic E-state index is -4.24. The number of aliphatic imine (C=N–C) groups is 1. The first-order chi connectivity index (χ1) is 20.7. The number of amidine groups is 1. The monoisotopic (exact) mass is 621 g/mol. The summed E-state index contributed by atoms with van der Waals surface area (Å²) < 4.78 is 37.1. The van der Waals surface area contributed by atoms with Crippen LogP contribution in [0.4, 0.5) is 11.4 Å². The van der Waals surface area contributed by atoms with Crippen LogP contribution in [0.15, 0.2) is 81.0 Å². The number of nitrogens with zero attached hydrogens (tertiary/aromatic N) is 3. The van der Waals surface area contributed by atoms with Crippen LogP contribution in [0.3, 0.4) is 0 Å². The molecule has 0 aliphatic carbocycles. The molecule has 1 amide bonds. The van der Waals surface area contributed by atoms with Crippen LogP contribution in [0, 0.1) is 0 Å². The molecule has 0 aromatic heterocycles. The molecular formula is C32H36ClN5O4S. The predicted octanol–water partition coefficient (Wildman–Crippen LogP) is 6.04. The number of halogens is 1. The predicted molar refractivity (Wildman–Crippen MR) is 172 cm³/mol. The van der Waals surface area contributed by atoms with Crippen LogP contribution in [0.5, 0.6) is 5.75 Å². The molecule has 0 radical (unpaired) electrons. The van der Waals surface area contributed by atoms with Crippen molar-refractivity contribution in [2.45, 2.75) is 43.4 Å². The number of amides is 1. The third-order valence-electron chi connectivity index (χ3n) is 7.76. The Bertz CT molecular complexity index is 1650. The van der Waals surface area contributed by atoms with Gasteiger partial charge in [-0.1, -0.05) is 42.8 Å². The van der Waals surface area contributed by atoms with Gasteiger partial charge < -0.3 is 20.3 Å². The average molecular weight is 622 g/mol. The smallest absolute Gasteiger partial charge is 0.284 e. The second-order valence-electron chi connectivity index (χ2n) is 10.8. The number of methoxy groups -OCH3 is 1. The molecule has 0 bridgehead atoms. The van der Waals surface area contributed by atoms with Crippen molar-refractivity contribution >= 4 is 50.5 Å². The molecule has 2 aliphatic rings. The van der Waals surface area contributed by atoms with Crippen molar-refractivity contribution in [3.05, 3.63) is 82.9 Å². The maximum absolute atomic E-state index is 13.7. The van der Waals surface area contributed by atoms with Crippen molar-refractivity contribution in [3.63, 3.8) is 0 Å². The zero-order valence-corrected chi connectivity index (χ0v) is 25.9. The second-order valence-corrected chi connectivity index (χ2v) is 12.8. The Labute approximate surface area is 258 Å². The molecule has 2 N–H and O–H groups in total. The van der Waals surface area contributed by atoms with E-state index in [4.69, 9.17) is 21.3 Å². The van der Waals surface area contributed by atoms with Crippen molar-refractivity contribution in [1.29, 1.82) is 0 Å². The summed E-state index contributed by atoms with van der Waals surface area (Å²) in [6, 6.07) is 18.8. The first-order valence-corrected chi connectivity index (χ1v) is 16.3. The number of hydrogen-bond acceptors (Lipinski definition) is 6. The average Bonchev–Trinajstić information content (AvgIpc) is 3.53. The van der Waals surface area contributed by atoms with Gasteiger partial charge in [0.2, 0.25) is 0 Å². The Kier molecular flexibility index (Phi) is 9.79. The molecule has 2 aliphatic heterocycles. The van der Waals surface area contributed by atoms with Crippen LogP contribution in [-0.2, 0) is 10.0 Å². The lowest BCUT2D eigenvalue weighted by Gasteiger charge is -2.23. The molecule has 1 fully saturated rings. The van der Waals surface area contributed by atoms with E-state index >= 15 is 0 Å². The summed E-state index contributed by atoms with van der Waals surface area (Å²) in [4.78, 5) is 19.9. The molecule has 226 valence electrons. The number of hydrogen-bond donors (Lipinski definition) is 2. The molecule has 5 rings (SSSR count). The van der Waals surface area contributed by atoms with Crippen LogP contribution in [-0.4, -0.2) is 64.1 Å². The van der Waals surface area contributed by atoms with Gasteiger partial charge >= 0.3 is 0 Å². The van der Waals surface area contributed by atoms with Gasteiger partial charge in [0.25, 0.3) is 15.9 Å². The van der Waals surface area contributed by atoms with E-state index in [1.165, 1.54) is 25.0 Å². The highest BCUT2D eigenvalue weighted by Gasteiger charge is 2.24. The summed E-state index contributed by atoms with van der Waals surface area (Å²) >= 11 is 6.47. The SMILES string of the molecule is COc1ccc(Cl)c(N=C2CCC(C)c3ccccc3NC2=NS(=O)(=O)c2cccc(C(=O)NCCN3CCCC3)c2)c1. The molecule has 0 saturated carbocycles. The summed E-state index contributed by atoms with van der Waals surface area (Å²) in [5.74, 6) is 0.529. The topological polar surface area (TPSA) is 112 Å². The molecule has 43 heavy (non-hydrogen) atoms. The van der Waals surface area contributed by atoms with Crippen LogP contribution < -0.4 is 15.4 Å². The van der Waals surface area contributed by atoms with Gasteiger partial charge in [0.15, 0.2) is 5.84 Å².